The molecule has 1 atom stereocenters. The van der Waals surface area contributed by atoms with E-state index in [-0.39, 0.29) is 24.8 Å². The quantitative estimate of drug-likeness (QED) is 0.897. The minimum Gasteiger partial charge on any atom is -0.481 e. The molecule has 1 unspecified atom stereocenters. The molecule has 1 saturated heterocycles. The van der Waals surface area contributed by atoms with Crippen LogP contribution in [0.5, 0.6) is 11.5 Å². The minimum absolute atomic E-state index is 0.0292. The number of aryl methyl sites for hydroxylation is 1. The first-order valence-corrected chi connectivity index (χ1v) is 8.32. The van der Waals surface area contributed by atoms with E-state index in [1.165, 1.54) is 10.4 Å². The molecular weight excluding hydrogens is 310 g/mol. The summed E-state index contributed by atoms with van der Waals surface area (Å²) in [5, 5.41) is 9.25. The predicted octanol–water partition coefficient (Wildman–Crippen LogP) is 1.21. The van der Waals surface area contributed by atoms with Crippen LogP contribution in [0.25, 0.3) is 0 Å². The van der Waals surface area contributed by atoms with Crippen LogP contribution in [0.15, 0.2) is 17.0 Å². The van der Waals surface area contributed by atoms with Gasteiger partial charge in [-0.3, -0.25) is 4.79 Å². The third-order valence-corrected chi connectivity index (χ3v) is 6.23. The fourth-order valence-electron chi connectivity index (χ4n) is 2.74. The maximum atomic E-state index is 12.8. The van der Waals surface area contributed by atoms with Gasteiger partial charge in [0.25, 0.3) is 0 Å². The number of benzene rings is 1. The standard InChI is InChI=1S/C14H17NO6S/c1-9-5-10-11(21-8-20-10)6-12(9)22(18,19)15-4-3-14(2,7-15)13(16)17/h5-6H,3-4,7-8H2,1-2H3,(H,16,17). The van der Waals surface area contributed by atoms with Crippen molar-refractivity contribution in [3.05, 3.63) is 17.7 Å². The first-order valence-electron chi connectivity index (χ1n) is 6.88. The van der Waals surface area contributed by atoms with Gasteiger partial charge in [0, 0.05) is 19.2 Å². The van der Waals surface area contributed by atoms with Crippen molar-refractivity contribution < 1.29 is 27.8 Å². The van der Waals surface area contributed by atoms with E-state index in [1.807, 2.05) is 0 Å². The van der Waals surface area contributed by atoms with Crippen molar-refractivity contribution in [3.8, 4) is 11.5 Å². The number of hydrogen-bond acceptors (Lipinski definition) is 5. The van der Waals surface area contributed by atoms with Gasteiger partial charge in [0.1, 0.15) is 0 Å². The highest BCUT2D eigenvalue weighted by Crippen LogP contribution is 2.39. The Morgan fingerprint density at radius 3 is 2.55 bits per heavy atom. The maximum Gasteiger partial charge on any atom is 0.310 e. The Kier molecular flexibility index (Phi) is 3.33. The number of carboxylic acid groups (broad SMARTS) is 1. The van der Waals surface area contributed by atoms with Crippen LogP contribution in [0.3, 0.4) is 0 Å². The third-order valence-electron chi connectivity index (χ3n) is 4.24. The van der Waals surface area contributed by atoms with Crippen LogP contribution >= 0.6 is 0 Å². The summed E-state index contributed by atoms with van der Waals surface area (Å²) in [6, 6.07) is 3.07. The van der Waals surface area contributed by atoms with Gasteiger partial charge in [-0.25, -0.2) is 8.42 Å². The summed E-state index contributed by atoms with van der Waals surface area (Å²) in [6.07, 6.45) is 0.297. The fourth-order valence-corrected chi connectivity index (χ4v) is 4.53. The molecule has 120 valence electrons. The van der Waals surface area contributed by atoms with Crippen LogP contribution in [-0.4, -0.2) is 43.7 Å². The van der Waals surface area contributed by atoms with E-state index < -0.39 is 21.4 Å². The monoisotopic (exact) mass is 327 g/mol. The number of carbonyl (C=O) groups is 1. The summed E-state index contributed by atoms with van der Waals surface area (Å²) >= 11 is 0. The van der Waals surface area contributed by atoms with Gasteiger partial charge in [0.05, 0.1) is 10.3 Å². The van der Waals surface area contributed by atoms with Crippen molar-refractivity contribution in [2.24, 2.45) is 5.41 Å². The van der Waals surface area contributed by atoms with Gasteiger partial charge in [-0.15, -0.1) is 0 Å². The van der Waals surface area contributed by atoms with E-state index in [1.54, 1.807) is 19.9 Å². The van der Waals surface area contributed by atoms with E-state index in [2.05, 4.69) is 0 Å². The van der Waals surface area contributed by atoms with Crippen molar-refractivity contribution >= 4 is 16.0 Å². The number of hydrogen-bond donors (Lipinski definition) is 1. The number of nitrogens with zero attached hydrogens (tertiary/aromatic N) is 1. The Morgan fingerprint density at radius 2 is 1.95 bits per heavy atom. The molecule has 1 N–H and O–H groups in total. The van der Waals surface area contributed by atoms with Crippen molar-refractivity contribution in [3.63, 3.8) is 0 Å². The number of fused-ring (bicyclic) bond motifs is 1. The summed E-state index contributed by atoms with van der Waals surface area (Å²) < 4.78 is 37.3. The first-order chi connectivity index (χ1) is 10.2. The highest BCUT2D eigenvalue weighted by Gasteiger charge is 2.45. The lowest BCUT2D eigenvalue weighted by Gasteiger charge is -2.21. The molecular formula is C14H17NO6S. The van der Waals surface area contributed by atoms with E-state index in [0.717, 1.165) is 0 Å². The van der Waals surface area contributed by atoms with Crippen LogP contribution in [0.1, 0.15) is 18.9 Å². The molecule has 0 aliphatic carbocycles. The molecule has 3 rings (SSSR count). The summed E-state index contributed by atoms with van der Waals surface area (Å²) in [7, 11) is -3.76. The molecule has 7 nitrogen and oxygen atoms in total. The zero-order valence-electron chi connectivity index (χ0n) is 12.3. The molecule has 1 aromatic rings. The summed E-state index contributed by atoms with van der Waals surface area (Å²) in [4.78, 5) is 11.4. The Bertz CT molecular complexity index is 744. The van der Waals surface area contributed by atoms with Crippen LogP contribution in [-0.2, 0) is 14.8 Å². The van der Waals surface area contributed by atoms with Crippen LogP contribution < -0.4 is 9.47 Å². The molecule has 1 fully saturated rings. The first kappa shape index (κ1) is 15.1. The van der Waals surface area contributed by atoms with Crippen LogP contribution in [0, 0.1) is 12.3 Å². The Balaban J connectivity index is 1.96. The molecule has 8 heteroatoms. The lowest BCUT2D eigenvalue weighted by Crippen LogP contribution is -2.35. The van der Waals surface area contributed by atoms with Gasteiger partial charge in [-0.05, 0) is 31.9 Å². The fraction of sp³-hybridized carbons (Fsp3) is 0.500. The van der Waals surface area contributed by atoms with E-state index in [4.69, 9.17) is 9.47 Å². The normalized spacial score (nSPS) is 24.6. The van der Waals surface area contributed by atoms with Gasteiger partial charge in [-0.2, -0.15) is 4.31 Å². The largest absolute Gasteiger partial charge is 0.481 e. The topological polar surface area (TPSA) is 93.1 Å². The zero-order chi connectivity index (χ0) is 16.1. The van der Waals surface area contributed by atoms with E-state index >= 15 is 0 Å². The van der Waals surface area contributed by atoms with Gasteiger partial charge in [0.15, 0.2) is 11.5 Å². The van der Waals surface area contributed by atoms with E-state index in [9.17, 15) is 18.3 Å². The van der Waals surface area contributed by atoms with Crippen molar-refractivity contribution in [2.75, 3.05) is 19.9 Å². The second-order valence-electron chi connectivity index (χ2n) is 5.93. The number of ether oxygens (including phenoxy) is 2. The average Bonchev–Trinajstić information content (AvgIpc) is 3.04. The number of carboxylic acids is 1. The highest BCUT2D eigenvalue weighted by atomic mass is 32.2. The Hall–Kier alpha value is -1.80. The molecule has 0 spiro atoms. The van der Waals surface area contributed by atoms with Crippen LogP contribution in [0.4, 0.5) is 0 Å². The smallest absolute Gasteiger partial charge is 0.310 e. The summed E-state index contributed by atoms with van der Waals surface area (Å²) in [5.74, 6) is -0.0646. The molecule has 2 aliphatic heterocycles. The van der Waals surface area contributed by atoms with Crippen LogP contribution in [0.2, 0.25) is 0 Å². The Morgan fingerprint density at radius 1 is 1.32 bits per heavy atom. The van der Waals surface area contributed by atoms with Gasteiger partial charge < -0.3 is 14.6 Å². The molecule has 0 radical (unpaired) electrons. The van der Waals surface area contributed by atoms with E-state index in [0.29, 0.717) is 23.5 Å². The number of sulfonamides is 1. The highest BCUT2D eigenvalue weighted by molar-refractivity contribution is 7.89. The summed E-state index contributed by atoms with van der Waals surface area (Å²) in [5.41, 5.74) is -0.495. The molecule has 0 bridgehead atoms. The molecule has 0 amide bonds. The molecule has 22 heavy (non-hydrogen) atoms. The third kappa shape index (κ3) is 2.22. The summed E-state index contributed by atoms with van der Waals surface area (Å²) in [6.45, 7) is 3.48. The SMILES string of the molecule is Cc1cc2c(cc1S(=O)(=O)N1CCC(C)(C(=O)O)C1)OCO2. The second-order valence-corrected chi connectivity index (χ2v) is 7.83. The van der Waals surface area contributed by atoms with Gasteiger partial charge in [0.2, 0.25) is 16.8 Å². The second kappa shape index (κ2) is 4.85. The van der Waals surface area contributed by atoms with Crippen molar-refractivity contribution in [1.82, 2.24) is 4.31 Å². The minimum atomic E-state index is -3.76. The van der Waals surface area contributed by atoms with Gasteiger partial charge >= 0.3 is 5.97 Å². The van der Waals surface area contributed by atoms with Crippen molar-refractivity contribution in [1.29, 1.82) is 0 Å². The lowest BCUT2D eigenvalue weighted by atomic mass is 9.90. The molecule has 0 aromatic heterocycles. The van der Waals surface area contributed by atoms with Gasteiger partial charge in [-0.1, -0.05) is 0 Å². The van der Waals surface area contributed by atoms with Crippen molar-refractivity contribution in [2.45, 2.75) is 25.2 Å². The molecule has 1 aromatic carbocycles. The predicted molar refractivity (Wildman–Crippen MR) is 76.4 cm³/mol. The number of aliphatic carboxylic acids is 1. The lowest BCUT2D eigenvalue weighted by molar-refractivity contribution is -0.146. The average molecular weight is 327 g/mol. The maximum absolute atomic E-state index is 12.8. The number of rotatable bonds is 3. The molecule has 2 heterocycles. The Labute approximate surface area is 128 Å². The zero-order valence-corrected chi connectivity index (χ0v) is 13.1. The molecule has 2 aliphatic rings. The molecule has 0 saturated carbocycles.